The Hall–Kier alpha value is -4.99. The number of imidazole rings is 1. The van der Waals surface area contributed by atoms with Crippen LogP contribution in [0.15, 0.2) is 152 Å². The number of aromatic nitrogens is 2. The zero-order chi connectivity index (χ0) is 32.0. The van der Waals surface area contributed by atoms with E-state index in [1.165, 1.54) is 33.6 Å². The molecule has 1 heterocycles. The summed E-state index contributed by atoms with van der Waals surface area (Å²) in [6, 6.07) is 53.9. The monoisotopic (exact) mass is 626 g/mol. The van der Waals surface area contributed by atoms with Crippen LogP contribution in [-0.2, 0) is 10.1 Å². The fraction of sp³-hybridized carbons (Fsp3) is 0.0833. The highest BCUT2D eigenvalue weighted by Gasteiger charge is 2.38. The molecule has 1 atom stereocenters. The van der Waals surface area contributed by atoms with Crippen LogP contribution in [0.2, 0.25) is 0 Å². The van der Waals surface area contributed by atoms with Gasteiger partial charge in [0.25, 0.3) is 5.82 Å². The summed E-state index contributed by atoms with van der Waals surface area (Å²) < 4.78 is 63.9. The first-order chi connectivity index (χ1) is 21.6. The Morgan fingerprint density at radius 2 is 1.00 bits per heavy atom. The van der Waals surface area contributed by atoms with Crippen LogP contribution in [-0.4, -0.2) is 23.0 Å². The van der Waals surface area contributed by atoms with Gasteiger partial charge >= 0.3 is 5.51 Å². The molecule has 0 saturated carbocycles. The van der Waals surface area contributed by atoms with E-state index < -0.39 is 15.6 Å². The van der Waals surface area contributed by atoms with Gasteiger partial charge in [0.05, 0.1) is 5.56 Å². The summed E-state index contributed by atoms with van der Waals surface area (Å²) in [5.41, 5.74) is 2.69. The van der Waals surface area contributed by atoms with Crippen LogP contribution < -0.4 is 4.57 Å². The first-order valence-corrected chi connectivity index (χ1v) is 15.5. The topological polar surface area (TPSA) is 66.0 Å². The number of benzene rings is 5. The highest BCUT2D eigenvalue weighted by molar-refractivity contribution is 7.86. The van der Waals surface area contributed by atoms with E-state index in [0.29, 0.717) is 0 Å². The third kappa shape index (κ3) is 6.90. The van der Waals surface area contributed by atoms with Gasteiger partial charge in [-0.2, -0.15) is 17.7 Å². The molecule has 0 fully saturated rings. The van der Waals surface area contributed by atoms with Crippen LogP contribution in [0.3, 0.4) is 0 Å². The van der Waals surface area contributed by atoms with Crippen molar-refractivity contribution in [2.75, 3.05) is 0 Å². The number of para-hydroxylation sites is 1. The predicted octanol–water partition coefficient (Wildman–Crippen LogP) is 8.43. The van der Waals surface area contributed by atoms with Crippen LogP contribution >= 0.6 is 0 Å². The molecule has 228 valence electrons. The number of rotatable bonds is 6. The van der Waals surface area contributed by atoms with Gasteiger partial charge in [0.2, 0.25) is 0 Å². The van der Waals surface area contributed by atoms with Gasteiger partial charge < -0.3 is 4.55 Å². The summed E-state index contributed by atoms with van der Waals surface area (Å²) >= 11 is 0. The van der Waals surface area contributed by atoms with Crippen molar-refractivity contribution in [1.82, 2.24) is 4.57 Å². The molecule has 6 aromatic rings. The molecule has 0 radical (unpaired) electrons. The van der Waals surface area contributed by atoms with Gasteiger partial charge in [0.1, 0.15) is 11.7 Å². The SMILES string of the molecule is CC(c1ccccc1)[n+]1c(-c2ccccc2)c(-c2ccccc2)n(-c2ccccc2)c1-c1ccccc1.O=S(=O)([O-])C(F)(F)F. The number of hydrogen-bond donors (Lipinski definition) is 0. The van der Waals surface area contributed by atoms with Crippen molar-refractivity contribution < 1.29 is 30.7 Å². The standard InChI is InChI=1S/C35H29N2.CHF3O3S/c1-27(28-17-7-2-8-18-28)36-33(29-19-9-3-10-20-29)34(30-21-11-4-12-22-30)37(32-25-15-6-16-26-32)35(36)31-23-13-5-14-24-31;2-1(3,4)8(5,6)7/h2-27H,1H3;(H,5,6,7)/q+1;/p-1. The van der Waals surface area contributed by atoms with Gasteiger partial charge in [-0.25, -0.2) is 13.0 Å². The smallest absolute Gasteiger partial charge is 0.485 e. The molecule has 0 N–H and O–H groups in total. The van der Waals surface area contributed by atoms with E-state index in [1.807, 2.05) is 0 Å². The van der Waals surface area contributed by atoms with Crippen molar-refractivity contribution in [1.29, 1.82) is 0 Å². The molecule has 6 rings (SSSR count). The van der Waals surface area contributed by atoms with Gasteiger partial charge in [-0.1, -0.05) is 127 Å². The molecule has 0 aliphatic heterocycles. The molecule has 1 unspecified atom stereocenters. The molecule has 0 saturated heterocycles. The Morgan fingerprint density at radius 1 is 0.622 bits per heavy atom. The van der Waals surface area contributed by atoms with Crippen LogP contribution in [0, 0.1) is 0 Å². The fourth-order valence-electron chi connectivity index (χ4n) is 5.21. The quantitative estimate of drug-likeness (QED) is 0.106. The van der Waals surface area contributed by atoms with Crippen molar-refractivity contribution in [2.24, 2.45) is 0 Å². The Balaban J connectivity index is 0.000000444. The molecule has 5 nitrogen and oxygen atoms in total. The molecule has 0 spiro atoms. The van der Waals surface area contributed by atoms with Gasteiger partial charge in [0, 0.05) is 11.1 Å². The van der Waals surface area contributed by atoms with Gasteiger partial charge in [0.15, 0.2) is 21.5 Å². The summed E-state index contributed by atoms with van der Waals surface area (Å²) in [5, 5.41) is 0. The van der Waals surface area contributed by atoms with Crippen molar-refractivity contribution in [3.8, 4) is 39.6 Å². The summed E-state index contributed by atoms with van der Waals surface area (Å²) in [6.45, 7) is 2.30. The minimum Gasteiger partial charge on any atom is -0.741 e. The largest absolute Gasteiger partial charge is 0.741 e. The molecule has 0 aliphatic carbocycles. The van der Waals surface area contributed by atoms with E-state index in [1.54, 1.807) is 0 Å². The Labute approximate surface area is 260 Å². The van der Waals surface area contributed by atoms with E-state index >= 15 is 0 Å². The minimum absolute atomic E-state index is 0.0963. The van der Waals surface area contributed by atoms with Gasteiger partial charge in [-0.3, -0.25) is 0 Å². The lowest BCUT2D eigenvalue weighted by molar-refractivity contribution is -0.688. The summed E-state index contributed by atoms with van der Waals surface area (Å²) in [5.74, 6) is 1.15. The van der Waals surface area contributed by atoms with Gasteiger partial charge in [-0.05, 0) is 36.8 Å². The molecule has 1 aromatic heterocycles. The molecular weight excluding hydrogens is 597 g/mol. The van der Waals surface area contributed by atoms with E-state index in [-0.39, 0.29) is 6.04 Å². The maximum atomic E-state index is 10.7. The lowest BCUT2D eigenvalue weighted by Crippen LogP contribution is -2.41. The zero-order valence-electron chi connectivity index (χ0n) is 24.2. The van der Waals surface area contributed by atoms with Crippen molar-refractivity contribution in [2.45, 2.75) is 18.5 Å². The van der Waals surface area contributed by atoms with Crippen LogP contribution in [0.1, 0.15) is 18.5 Å². The molecule has 0 aliphatic rings. The summed E-state index contributed by atoms with van der Waals surface area (Å²) in [6.07, 6.45) is 0. The Kier molecular flexibility index (Phi) is 9.32. The summed E-state index contributed by atoms with van der Waals surface area (Å²) in [4.78, 5) is 0. The first-order valence-electron chi connectivity index (χ1n) is 14.1. The number of nitrogens with zero attached hydrogens (tertiary/aromatic N) is 2. The van der Waals surface area contributed by atoms with E-state index in [2.05, 4.69) is 168 Å². The minimum atomic E-state index is -6.09. The highest BCUT2D eigenvalue weighted by Crippen LogP contribution is 2.39. The van der Waals surface area contributed by atoms with Crippen LogP contribution in [0.5, 0.6) is 0 Å². The predicted molar refractivity (Wildman–Crippen MR) is 168 cm³/mol. The maximum Gasteiger partial charge on any atom is 0.485 e. The van der Waals surface area contributed by atoms with Crippen LogP contribution in [0.25, 0.3) is 39.6 Å². The van der Waals surface area contributed by atoms with E-state index in [9.17, 15) is 13.2 Å². The second-order valence-corrected chi connectivity index (χ2v) is 11.5. The lowest BCUT2D eigenvalue weighted by Gasteiger charge is -2.15. The fourth-order valence-corrected chi connectivity index (χ4v) is 5.21. The van der Waals surface area contributed by atoms with Gasteiger partial charge in [-0.15, -0.1) is 0 Å². The third-order valence-electron chi connectivity index (χ3n) is 7.22. The van der Waals surface area contributed by atoms with Crippen molar-refractivity contribution in [3.05, 3.63) is 157 Å². The highest BCUT2D eigenvalue weighted by atomic mass is 32.2. The van der Waals surface area contributed by atoms with Crippen molar-refractivity contribution in [3.63, 3.8) is 0 Å². The summed E-state index contributed by atoms with van der Waals surface area (Å²) in [7, 11) is -6.09. The average molecular weight is 627 g/mol. The Morgan fingerprint density at radius 3 is 1.44 bits per heavy atom. The molecule has 9 heteroatoms. The Bertz CT molecular complexity index is 1850. The zero-order valence-corrected chi connectivity index (χ0v) is 25.0. The van der Waals surface area contributed by atoms with E-state index in [4.69, 9.17) is 13.0 Å². The van der Waals surface area contributed by atoms with Crippen molar-refractivity contribution >= 4 is 10.1 Å². The molecule has 45 heavy (non-hydrogen) atoms. The second kappa shape index (κ2) is 13.3. The molecule has 5 aromatic carbocycles. The number of halogens is 3. The number of hydrogen-bond acceptors (Lipinski definition) is 3. The second-order valence-electron chi connectivity index (χ2n) is 10.1. The van der Waals surface area contributed by atoms with E-state index in [0.717, 1.165) is 11.5 Å². The normalized spacial score (nSPS) is 12.2. The molecule has 0 amide bonds. The molecule has 0 bridgehead atoms. The first kappa shape index (κ1) is 31.4. The third-order valence-corrected chi connectivity index (χ3v) is 7.79. The maximum absolute atomic E-state index is 10.7. The lowest BCUT2D eigenvalue weighted by atomic mass is 10.0. The average Bonchev–Trinajstić information content (AvgIpc) is 3.42. The number of alkyl halides is 3. The van der Waals surface area contributed by atoms with Crippen LogP contribution in [0.4, 0.5) is 13.2 Å². The molecular formula is C36H29F3N2O3S.